The van der Waals surface area contributed by atoms with Crippen molar-refractivity contribution in [3.05, 3.63) is 0 Å². The SMILES string of the molecule is CCCCN1C(=O)N(CC)C(=O)C1(C)CS. The van der Waals surface area contributed by atoms with Crippen molar-refractivity contribution in [2.24, 2.45) is 0 Å². The molecule has 1 heterocycles. The van der Waals surface area contributed by atoms with Crippen molar-refractivity contribution in [2.45, 2.75) is 39.2 Å². The fourth-order valence-electron chi connectivity index (χ4n) is 1.94. The molecular weight excluding hydrogens is 224 g/mol. The van der Waals surface area contributed by atoms with Crippen LogP contribution in [-0.4, -0.2) is 46.1 Å². The molecule has 3 amide bonds. The number of rotatable bonds is 5. The molecule has 1 aliphatic rings. The Morgan fingerprint density at radius 1 is 1.31 bits per heavy atom. The lowest BCUT2D eigenvalue weighted by Crippen LogP contribution is -2.49. The van der Waals surface area contributed by atoms with Crippen LogP contribution in [0.25, 0.3) is 0 Å². The molecule has 0 spiro atoms. The van der Waals surface area contributed by atoms with E-state index in [-0.39, 0.29) is 11.9 Å². The van der Waals surface area contributed by atoms with Gasteiger partial charge in [-0.05, 0) is 20.3 Å². The number of nitrogens with zero attached hydrogens (tertiary/aromatic N) is 2. The fraction of sp³-hybridized carbons (Fsp3) is 0.818. The van der Waals surface area contributed by atoms with Crippen molar-refractivity contribution in [1.29, 1.82) is 0 Å². The average Bonchev–Trinajstić information content (AvgIpc) is 2.46. The van der Waals surface area contributed by atoms with Crippen LogP contribution in [0.5, 0.6) is 0 Å². The van der Waals surface area contributed by atoms with Crippen LogP contribution in [-0.2, 0) is 4.79 Å². The second kappa shape index (κ2) is 5.08. The van der Waals surface area contributed by atoms with E-state index in [9.17, 15) is 9.59 Å². The Kier molecular flexibility index (Phi) is 4.24. The van der Waals surface area contributed by atoms with Crippen molar-refractivity contribution >= 4 is 24.6 Å². The van der Waals surface area contributed by atoms with Crippen molar-refractivity contribution < 1.29 is 9.59 Å². The zero-order chi connectivity index (χ0) is 12.3. The smallest absolute Gasteiger partial charge is 0.309 e. The van der Waals surface area contributed by atoms with Gasteiger partial charge < -0.3 is 4.90 Å². The molecule has 1 rings (SSSR count). The number of unbranched alkanes of at least 4 members (excludes halogenated alkanes) is 1. The van der Waals surface area contributed by atoms with Crippen LogP contribution in [0.3, 0.4) is 0 Å². The highest BCUT2D eigenvalue weighted by molar-refractivity contribution is 7.80. The van der Waals surface area contributed by atoms with Gasteiger partial charge in [-0.1, -0.05) is 13.3 Å². The lowest BCUT2D eigenvalue weighted by Gasteiger charge is -2.30. The van der Waals surface area contributed by atoms with E-state index < -0.39 is 5.54 Å². The molecular formula is C11H20N2O2S. The Balaban J connectivity index is 2.95. The Labute approximate surface area is 102 Å². The molecule has 1 saturated heterocycles. The highest BCUT2D eigenvalue weighted by Crippen LogP contribution is 2.29. The zero-order valence-corrected chi connectivity index (χ0v) is 11.1. The number of hydrogen-bond donors (Lipinski definition) is 1. The highest BCUT2D eigenvalue weighted by Gasteiger charge is 2.52. The summed E-state index contributed by atoms with van der Waals surface area (Å²) in [6.45, 7) is 6.75. The van der Waals surface area contributed by atoms with Crippen LogP contribution in [0.2, 0.25) is 0 Å². The Morgan fingerprint density at radius 3 is 2.38 bits per heavy atom. The normalized spacial score (nSPS) is 25.8. The predicted octanol–water partition coefficient (Wildman–Crippen LogP) is 1.76. The Bertz CT molecular complexity index is 296. The van der Waals surface area contributed by atoms with E-state index in [1.165, 1.54) is 4.90 Å². The van der Waals surface area contributed by atoms with Gasteiger partial charge in [-0.15, -0.1) is 0 Å². The first-order chi connectivity index (χ1) is 7.52. The third kappa shape index (κ3) is 1.93. The van der Waals surface area contributed by atoms with Gasteiger partial charge in [-0.25, -0.2) is 4.79 Å². The summed E-state index contributed by atoms with van der Waals surface area (Å²) in [6, 6.07) is -0.169. The third-order valence-electron chi connectivity index (χ3n) is 3.12. The van der Waals surface area contributed by atoms with E-state index >= 15 is 0 Å². The lowest BCUT2D eigenvalue weighted by molar-refractivity contribution is -0.131. The number of carbonyl (C=O) groups is 2. The van der Waals surface area contributed by atoms with Crippen LogP contribution in [0.1, 0.15) is 33.6 Å². The number of imide groups is 1. The van der Waals surface area contributed by atoms with Gasteiger partial charge in [0.15, 0.2) is 0 Å². The number of hydrogen-bond acceptors (Lipinski definition) is 3. The number of thiol groups is 1. The monoisotopic (exact) mass is 244 g/mol. The Morgan fingerprint density at radius 2 is 1.94 bits per heavy atom. The summed E-state index contributed by atoms with van der Waals surface area (Å²) in [4.78, 5) is 27.1. The van der Waals surface area contributed by atoms with Gasteiger partial charge in [0.25, 0.3) is 5.91 Å². The molecule has 1 unspecified atom stereocenters. The van der Waals surface area contributed by atoms with E-state index in [1.807, 2.05) is 6.92 Å². The van der Waals surface area contributed by atoms with Crippen LogP contribution in [0, 0.1) is 0 Å². The van der Waals surface area contributed by atoms with Crippen molar-refractivity contribution in [1.82, 2.24) is 9.80 Å². The predicted molar refractivity (Wildman–Crippen MR) is 66.7 cm³/mol. The molecule has 1 aliphatic heterocycles. The van der Waals surface area contributed by atoms with E-state index in [2.05, 4.69) is 19.6 Å². The molecule has 5 heteroatoms. The minimum atomic E-state index is -0.759. The number of amides is 3. The summed E-state index contributed by atoms with van der Waals surface area (Å²) in [5.41, 5.74) is -0.759. The van der Waals surface area contributed by atoms with Crippen LogP contribution in [0.4, 0.5) is 4.79 Å². The molecule has 0 aliphatic carbocycles. The summed E-state index contributed by atoms with van der Waals surface area (Å²) < 4.78 is 0. The van der Waals surface area contributed by atoms with Gasteiger partial charge in [-0.2, -0.15) is 12.6 Å². The largest absolute Gasteiger partial charge is 0.327 e. The van der Waals surface area contributed by atoms with Gasteiger partial charge in [0.05, 0.1) is 0 Å². The van der Waals surface area contributed by atoms with E-state index in [1.54, 1.807) is 11.8 Å². The molecule has 92 valence electrons. The van der Waals surface area contributed by atoms with Crippen molar-refractivity contribution in [2.75, 3.05) is 18.8 Å². The first-order valence-electron chi connectivity index (χ1n) is 5.77. The summed E-state index contributed by atoms with van der Waals surface area (Å²) in [6.07, 6.45) is 1.92. The van der Waals surface area contributed by atoms with Crippen LogP contribution < -0.4 is 0 Å². The molecule has 1 fully saturated rings. The molecule has 0 radical (unpaired) electrons. The molecule has 1 atom stereocenters. The number of likely N-dealkylation sites (N-methyl/N-ethyl adjacent to an activating group) is 1. The van der Waals surface area contributed by atoms with Gasteiger partial charge in [0.2, 0.25) is 0 Å². The number of urea groups is 1. The van der Waals surface area contributed by atoms with Gasteiger partial charge >= 0.3 is 6.03 Å². The average molecular weight is 244 g/mol. The maximum Gasteiger partial charge on any atom is 0.327 e. The minimum Gasteiger partial charge on any atom is -0.309 e. The second-order valence-corrected chi connectivity index (χ2v) is 4.59. The molecule has 0 N–H and O–H groups in total. The van der Waals surface area contributed by atoms with Crippen LogP contribution in [0.15, 0.2) is 0 Å². The molecule has 16 heavy (non-hydrogen) atoms. The van der Waals surface area contributed by atoms with Crippen molar-refractivity contribution in [3.8, 4) is 0 Å². The van der Waals surface area contributed by atoms with E-state index in [4.69, 9.17) is 0 Å². The summed E-state index contributed by atoms with van der Waals surface area (Å²) in [5, 5.41) is 0. The summed E-state index contributed by atoms with van der Waals surface area (Å²) >= 11 is 4.22. The fourth-order valence-corrected chi connectivity index (χ4v) is 2.25. The second-order valence-electron chi connectivity index (χ2n) is 4.27. The zero-order valence-electron chi connectivity index (χ0n) is 10.2. The standard InChI is InChI=1S/C11H20N2O2S/c1-4-6-7-13-10(15)12(5-2)9(14)11(13,3)8-16/h16H,4-8H2,1-3H3. The summed E-state index contributed by atoms with van der Waals surface area (Å²) in [7, 11) is 0. The van der Waals surface area contributed by atoms with Crippen LogP contribution >= 0.6 is 12.6 Å². The topological polar surface area (TPSA) is 40.6 Å². The molecule has 0 aromatic heterocycles. The molecule has 4 nitrogen and oxygen atoms in total. The maximum atomic E-state index is 12.1. The molecule has 0 bridgehead atoms. The number of carbonyl (C=O) groups excluding carboxylic acids is 2. The first kappa shape index (κ1) is 13.4. The van der Waals surface area contributed by atoms with E-state index in [0.29, 0.717) is 18.8 Å². The van der Waals surface area contributed by atoms with Gasteiger partial charge in [0, 0.05) is 18.8 Å². The van der Waals surface area contributed by atoms with Gasteiger partial charge in [-0.3, -0.25) is 9.69 Å². The Hall–Kier alpha value is -0.710. The van der Waals surface area contributed by atoms with E-state index in [0.717, 1.165) is 12.8 Å². The maximum absolute atomic E-state index is 12.1. The first-order valence-corrected chi connectivity index (χ1v) is 6.40. The lowest BCUT2D eigenvalue weighted by atomic mass is 10.0. The minimum absolute atomic E-state index is 0.119. The molecule has 0 aromatic carbocycles. The van der Waals surface area contributed by atoms with Crippen molar-refractivity contribution in [3.63, 3.8) is 0 Å². The third-order valence-corrected chi connectivity index (χ3v) is 3.74. The van der Waals surface area contributed by atoms with Gasteiger partial charge in [0.1, 0.15) is 5.54 Å². The molecule has 0 saturated carbocycles. The quantitative estimate of drug-likeness (QED) is 0.591. The highest BCUT2D eigenvalue weighted by atomic mass is 32.1. The molecule has 0 aromatic rings. The summed E-state index contributed by atoms with van der Waals surface area (Å²) in [5.74, 6) is 0.253.